The van der Waals surface area contributed by atoms with Crippen molar-refractivity contribution < 1.29 is 14.4 Å². The minimum atomic E-state index is -1.00. The van der Waals surface area contributed by atoms with Crippen LogP contribution in [0.4, 0.5) is 4.79 Å². The summed E-state index contributed by atoms with van der Waals surface area (Å²) >= 11 is 0. The molecule has 0 aromatic heterocycles. The van der Waals surface area contributed by atoms with Crippen LogP contribution < -0.4 is 10.8 Å². The van der Waals surface area contributed by atoms with E-state index < -0.39 is 6.09 Å². The molecule has 18 heavy (non-hydrogen) atoms. The van der Waals surface area contributed by atoms with Gasteiger partial charge in [0, 0.05) is 5.56 Å². The lowest BCUT2D eigenvalue weighted by Crippen LogP contribution is -2.61. The number of nitrogens with zero attached hydrogens (tertiary/aromatic N) is 1. The molecule has 1 aromatic carbocycles. The van der Waals surface area contributed by atoms with E-state index in [9.17, 15) is 9.90 Å². The smallest absolute Gasteiger partial charge is 0.257 e. The number of carbonyl (C=O) groups excluding carboxylic acids is 1. The van der Waals surface area contributed by atoms with Gasteiger partial charge < -0.3 is 15.6 Å². The lowest BCUT2D eigenvalue weighted by Gasteiger charge is -2.38. The summed E-state index contributed by atoms with van der Waals surface area (Å²) in [5.41, 5.74) is 7.02. The van der Waals surface area contributed by atoms with Gasteiger partial charge in [-0.25, -0.2) is 0 Å². The molecule has 1 unspecified atom stereocenters. The summed E-state index contributed by atoms with van der Waals surface area (Å²) in [6.45, 7) is 1.55. The van der Waals surface area contributed by atoms with Gasteiger partial charge in [0.1, 0.15) is 6.54 Å². The number of rotatable bonds is 2. The Kier molecular flexibility index (Phi) is 3.99. The number of hydrogen-bond donors (Lipinski definition) is 1. The Hall–Kier alpha value is -1.39. The molecule has 1 amide bonds. The van der Waals surface area contributed by atoms with Crippen LogP contribution in [0.15, 0.2) is 30.3 Å². The van der Waals surface area contributed by atoms with Crippen molar-refractivity contribution in [1.82, 2.24) is 0 Å². The second-order valence-corrected chi connectivity index (χ2v) is 5.22. The fourth-order valence-corrected chi connectivity index (χ4v) is 2.76. The quantitative estimate of drug-likeness (QED) is 0.789. The van der Waals surface area contributed by atoms with Crippen LogP contribution in [-0.2, 0) is 6.54 Å². The first-order valence-electron chi connectivity index (χ1n) is 6.49. The lowest BCUT2D eigenvalue weighted by molar-refractivity contribution is -0.888. The molecule has 1 aliphatic rings. The third-order valence-electron chi connectivity index (χ3n) is 3.71. The molecule has 1 aromatic rings. The second kappa shape index (κ2) is 5.50. The molecular weight excluding hydrogens is 228 g/mol. The zero-order valence-corrected chi connectivity index (χ0v) is 10.5. The first-order valence-corrected chi connectivity index (χ1v) is 6.49. The maximum Gasteiger partial charge on any atom is 0.257 e. The van der Waals surface area contributed by atoms with Crippen LogP contribution in [0, 0.1) is 0 Å². The summed E-state index contributed by atoms with van der Waals surface area (Å²) in [5, 5.41) is 11.6. The number of carbonyl (C=O) groups is 1. The molecule has 2 atom stereocenters. The van der Waals surface area contributed by atoms with E-state index in [1.54, 1.807) is 0 Å². The molecule has 0 radical (unpaired) electrons. The predicted octanol–water partition coefficient (Wildman–Crippen LogP) is 0.858. The third kappa shape index (κ3) is 2.89. The van der Waals surface area contributed by atoms with Gasteiger partial charge in [0.2, 0.25) is 0 Å². The van der Waals surface area contributed by atoms with Crippen molar-refractivity contribution in [3.05, 3.63) is 35.9 Å². The molecule has 0 saturated carbocycles. The van der Waals surface area contributed by atoms with E-state index in [2.05, 4.69) is 0 Å². The highest BCUT2D eigenvalue weighted by Gasteiger charge is 2.34. The number of quaternary nitrogens is 1. The number of amides is 1. The fraction of sp³-hybridized carbons (Fsp3) is 0.500. The van der Waals surface area contributed by atoms with Crippen molar-refractivity contribution in [2.24, 2.45) is 5.73 Å². The van der Waals surface area contributed by atoms with Crippen LogP contribution >= 0.6 is 0 Å². The highest BCUT2D eigenvalue weighted by molar-refractivity contribution is 5.54. The van der Waals surface area contributed by atoms with E-state index in [0.717, 1.165) is 24.8 Å². The monoisotopic (exact) mass is 248 g/mol. The van der Waals surface area contributed by atoms with Crippen molar-refractivity contribution in [1.29, 1.82) is 0 Å². The highest BCUT2D eigenvalue weighted by Crippen LogP contribution is 2.21. The Morgan fingerprint density at radius 2 is 2.06 bits per heavy atom. The van der Waals surface area contributed by atoms with E-state index >= 15 is 0 Å². The largest absolute Gasteiger partial charge is 0.498 e. The Morgan fingerprint density at radius 3 is 2.72 bits per heavy atom. The van der Waals surface area contributed by atoms with Gasteiger partial charge in [0.25, 0.3) is 6.09 Å². The normalized spacial score (nSPS) is 28.6. The van der Waals surface area contributed by atoms with Gasteiger partial charge >= 0.3 is 0 Å². The maximum absolute atomic E-state index is 11.6. The molecule has 98 valence electrons. The Morgan fingerprint density at radius 1 is 1.33 bits per heavy atom. The molecule has 1 aliphatic heterocycles. The molecule has 0 aliphatic carbocycles. The number of nitrogens with two attached hydrogens (primary N) is 1. The zero-order chi connectivity index (χ0) is 13.0. The first-order chi connectivity index (χ1) is 8.62. The van der Waals surface area contributed by atoms with Gasteiger partial charge in [-0.05, 0) is 19.3 Å². The van der Waals surface area contributed by atoms with Crippen molar-refractivity contribution in [2.45, 2.75) is 31.8 Å². The second-order valence-electron chi connectivity index (χ2n) is 5.22. The maximum atomic E-state index is 11.6. The number of carboxylic acid groups (broad SMARTS) is 1. The molecule has 1 fully saturated rings. The topological polar surface area (TPSA) is 66.2 Å². The molecule has 2 N–H and O–H groups in total. The molecule has 2 rings (SSSR count). The van der Waals surface area contributed by atoms with Gasteiger partial charge in [-0.3, -0.25) is 4.48 Å². The number of benzene rings is 1. The summed E-state index contributed by atoms with van der Waals surface area (Å²) < 4.78 is -0.0365. The molecular formula is C14H20N2O2. The van der Waals surface area contributed by atoms with Gasteiger partial charge in [0.15, 0.2) is 0 Å². The van der Waals surface area contributed by atoms with E-state index in [1.807, 2.05) is 30.3 Å². The molecule has 0 spiro atoms. The Bertz CT molecular complexity index is 408. The van der Waals surface area contributed by atoms with Crippen LogP contribution in [0.3, 0.4) is 0 Å². The SMILES string of the molecule is N[C@H]1CCCC[N+](Cc2ccccc2)(C(=O)[O-])C1. The van der Waals surface area contributed by atoms with Gasteiger partial charge in [-0.1, -0.05) is 30.3 Å². The molecule has 4 heteroatoms. The zero-order valence-electron chi connectivity index (χ0n) is 10.5. The number of hydrogen-bond acceptors (Lipinski definition) is 3. The fourth-order valence-electron chi connectivity index (χ4n) is 2.76. The Balaban J connectivity index is 2.23. The van der Waals surface area contributed by atoms with Crippen LogP contribution in [0.2, 0.25) is 0 Å². The van der Waals surface area contributed by atoms with Crippen molar-refractivity contribution in [2.75, 3.05) is 13.1 Å². The summed E-state index contributed by atoms with van der Waals surface area (Å²) in [6, 6.07) is 9.66. The summed E-state index contributed by atoms with van der Waals surface area (Å²) in [4.78, 5) is 11.6. The summed E-state index contributed by atoms with van der Waals surface area (Å²) in [5.74, 6) is 0. The lowest BCUT2D eigenvalue weighted by atomic mass is 10.1. The van der Waals surface area contributed by atoms with E-state index in [4.69, 9.17) is 5.73 Å². The highest BCUT2D eigenvalue weighted by atomic mass is 16.4. The van der Waals surface area contributed by atoms with Crippen LogP contribution in [0.1, 0.15) is 24.8 Å². The predicted molar refractivity (Wildman–Crippen MR) is 67.4 cm³/mol. The van der Waals surface area contributed by atoms with E-state index in [-0.39, 0.29) is 10.5 Å². The van der Waals surface area contributed by atoms with Gasteiger partial charge in [0.05, 0.1) is 19.1 Å². The van der Waals surface area contributed by atoms with Crippen LogP contribution in [0.5, 0.6) is 0 Å². The van der Waals surface area contributed by atoms with E-state index in [0.29, 0.717) is 19.6 Å². The average molecular weight is 248 g/mol. The third-order valence-corrected chi connectivity index (χ3v) is 3.71. The minimum Gasteiger partial charge on any atom is -0.498 e. The van der Waals surface area contributed by atoms with Crippen LogP contribution in [-0.4, -0.2) is 29.7 Å². The minimum absolute atomic E-state index is 0.0365. The van der Waals surface area contributed by atoms with Gasteiger partial charge in [-0.2, -0.15) is 0 Å². The standard InChI is InChI=1S/C14H20N2O2/c15-13-8-4-5-9-16(11-13,14(17)18)10-12-6-2-1-3-7-12/h1-3,6-7,13H,4-5,8-11,15H2/t13-,16?/m0/s1. The summed E-state index contributed by atoms with van der Waals surface area (Å²) in [6.07, 6.45) is 1.80. The Labute approximate surface area is 108 Å². The average Bonchev–Trinajstić information content (AvgIpc) is 2.53. The first kappa shape index (κ1) is 13.1. The van der Waals surface area contributed by atoms with Crippen LogP contribution in [0.25, 0.3) is 0 Å². The van der Waals surface area contributed by atoms with Crippen molar-refractivity contribution in [3.63, 3.8) is 0 Å². The molecule has 1 heterocycles. The van der Waals surface area contributed by atoms with Crippen molar-refractivity contribution >= 4 is 6.09 Å². The molecule has 4 nitrogen and oxygen atoms in total. The van der Waals surface area contributed by atoms with E-state index in [1.165, 1.54) is 0 Å². The molecule has 0 bridgehead atoms. The van der Waals surface area contributed by atoms with Gasteiger partial charge in [-0.15, -0.1) is 0 Å². The summed E-state index contributed by atoms with van der Waals surface area (Å²) in [7, 11) is 0. The molecule has 1 saturated heterocycles. The number of likely N-dealkylation sites (tertiary alicyclic amines) is 1. The van der Waals surface area contributed by atoms with Crippen molar-refractivity contribution in [3.8, 4) is 0 Å².